The molecule has 0 radical (unpaired) electrons. The summed E-state index contributed by atoms with van der Waals surface area (Å²) in [5.74, 6) is -0.121. The van der Waals surface area contributed by atoms with Gasteiger partial charge < -0.3 is 21.7 Å². The van der Waals surface area contributed by atoms with Crippen molar-refractivity contribution in [3.05, 3.63) is 42.0 Å². The zero-order chi connectivity index (χ0) is 17.3. The van der Waals surface area contributed by atoms with Crippen molar-refractivity contribution in [2.75, 3.05) is 13.7 Å². The minimum Gasteiger partial charge on any atom is -1.00 e. The molecule has 0 atom stereocenters. The van der Waals surface area contributed by atoms with Gasteiger partial charge in [0.05, 0.1) is 12.5 Å². The van der Waals surface area contributed by atoms with E-state index in [1.807, 2.05) is 0 Å². The maximum Gasteiger partial charge on any atom is 0.305 e. The molecule has 1 heterocycles. The molecule has 2 aromatic rings. The summed E-state index contributed by atoms with van der Waals surface area (Å²) < 4.78 is 7.15. The van der Waals surface area contributed by atoms with Crippen molar-refractivity contribution in [2.45, 2.75) is 45.4 Å². The van der Waals surface area contributed by atoms with E-state index in [1.165, 1.54) is 34.8 Å². The van der Waals surface area contributed by atoms with Gasteiger partial charge in [-0.3, -0.25) is 4.79 Å². The standard InChI is InChI=1S/C21H26NO2.BrH/c1-15-21(2,3)20-17-10-6-5-9-16(17)12-13-18(20)22(15)14-8-7-11-19(23)24-4;/h5-6,9-10,12-13H,7-8,11,14H2,1-4H3;1H/q+1;/p-1. The van der Waals surface area contributed by atoms with E-state index in [-0.39, 0.29) is 28.4 Å². The molecule has 0 saturated heterocycles. The van der Waals surface area contributed by atoms with Gasteiger partial charge in [0.1, 0.15) is 6.54 Å². The average molecular weight is 404 g/mol. The fourth-order valence-electron chi connectivity index (χ4n) is 3.77. The molecule has 1 aliphatic heterocycles. The van der Waals surface area contributed by atoms with Gasteiger partial charge in [-0.05, 0) is 37.1 Å². The topological polar surface area (TPSA) is 29.3 Å². The highest BCUT2D eigenvalue weighted by atomic mass is 79.9. The first-order valence-corrected chi connectivity index (χ1v) is 8.67. The first-order chi connectivity index (χ1) is 11.5. The van der Waals surface area contributed by atoms with Crippen LogP contribution in [0.1, 0.15) is 45.6 Å². The fraction of sp³-hybridized carbons (Fsp3) is 0.429. The van der Waals surface area contributed by atoms with Crippen molar-refractivity contribution in [3.63, 3.8) is 0 Å². The van der Waals surface area contributed by atoms with Crippen LogP contribution in [0, 0.1) is 0 Å². The largest absolute Gasteiger partial charge is 1.00 e. The molecule has 1 aliphatic rings. The number of esters is 1. The van der Waals surface area contributed by atoms with Crippen LogP contribution in [0.2, 0.25) is 0 Å². The van der Waals surface area contributed by atoms with Gasteiger partial charge in [-0.25, -0.2) is 0 Å². The smallest absolute Gasteiger partial charge is 0.305 e. The van der Waals surface area contributed by atoms with E-state index in [1.54, 1.807) is 0 Å². The van der Waals surface area contributed by atoms with Gasteiger partial charge in [-0.1, -0.05) is 24.3 Å². The van der Waals surface area contributed by atoms with Gasteiger partial charge >= 0.3 is 5.97 Å². The number of nitrogens with zero attached hydrogens (tertiary/aromatic N) is 1. The molecule has 0 aliphatic carbocycles. The quantitative estimate of drug-likeness (QED) is 0.430. The minimum atomic E-state index is -0.121. The summed E-state index contributed by atoms with van der Waals surface area (Å²) in [4.78, 5) is 11.3. The van der Waals surface area contributed by atoms with Gasteiger partial charge in [0.25, 0.3) is 0 Å². The first-order valence-electron chi connectivity index (χ1n) is 8.67. The molecule has 3 rings (SSSR count). The lowest BCUT2D eigenvalue weighted by atomic mass is 9.80. The lowest BCUT2D eigenvalue weighted by molar-refractivity contribution is -0.439. The van der Waals surface area contributed by atoms with Crippen molar-refractivity contribution in [1.82, 2.24) is 0 Å². The average Bonchev–Trinajstić information content (AvgIpc) is 2.78. The van der Waals surface area contributed by atoms with Crippen LogP contribution in [0.15, 0.2) is 36.4 Å². The highest BCUT2D eigenvalue weighted by Crippen LogP contribution is 2.43. The Balaban J connectivity index is 0.00000225. The lowest BCUT2D eigenvalue weighted by Gasteiger charge is -2.17. The zero-order valence-corrected chi connectivity index (χ0v) is 17.0. The van der Waals surface area contributed by atoms with Crippen molar-refractivity contribution in [3.8, 4) is 0 Å². The van der Waals surface area contributed by atoms with Crippen LogP contribution in [-0.2, 0) is 14.9 Å². The van der Waals surface area contributed by atoms with E-state index in [9.17, 15) is 4.79 Å². The Morgan fingerprint density at radius 3 is 2.56 bits per heavy atom. The van der Waals surface area contributed by atoms with Crippen LogP contribution in [0.5, 0.6) is 0 Å². The molecule has 0 spiro atoms. The van der Waals surface area contributed by atoms with E-state index in [2.05, 4.69) is 61.7 Å². The number of hydrogen-bond acceptors (Lipinski definition) is 2. The van der Waals surface area contributed by atoms with Crippen molar-refractivity contribution in [1.29, 1.82) is 0 Å². The SMILES string of the molecule is COC(=O)CCCC[N+]1=C(C)C(C)(C)c2c1ccc1ccccc21.[Br-]. The van der Waals surface area contributed by atoms with Gasteiger partial charge in [-0.15, -0.1) is 0 Å². The monoisotopic (exact) mass is 403 g/mol. The molecule has 2 aromatic carbocycles. The van der Waals surface area contributed by atoms with E-state index in [0.29, 0.717) is 6.42 Å². The Morgan fingerprint density at radius 1 is 1.12 bits per heavy atom. The summed E-state index contributed by atoms with van der Waals surface area (Å²) in [6.45, 7) is 7.79. The van der Waals surface area contributed by atoms with Gasteiger partial charge in [-0.2, -0.15) is 4.58 Å². The van der Waals surface area contributed by atoms with Gasteiger partial charge in [0.2, 0.25) is 5.69 Å². The van der Waals surface area contributed by atoms with Crippen LogP contribution in [0.3, 0.4) is 0 Å². The molecule has 3 nitrogen and oxygen atoms in total. The number of carbonyl (C=O) groups excluding carboxylic acids is 1. The number of hydrogen-bond donors (Lipinski definition) is 0. The molecule has 0 fully saturated rings. The second-order valence-corrected chi connectivity index (χ2v) is 7.08. The molecule has 4 heteroatoms. The summed E-state index contributed by atoms with van der Waals surface area (Å²) in [5.41, 5.74) is 4.14. The summed E-state index contributed by atoms with van der Waals surface area (Å²) in [6.07, 6.45) is 2.34. The molecule has 0 amide bonds. The molecule has 0 saturated carbocycles. The van der Waals surface area contributed by atoms with E-state index in [4.69, 9.17) is 4.74 Å². The van der Waals surface area contributed by atoms with Gasteiger partial charge in [0.15, 0.2) is 5.71 Å². The van der Waals surface area contributed by atoms with Crippen LogP contribution < -0.4 is 17.0 Å². The highest BCUT2D eigenvalue weighted by Gasteiger charge is 2.43. The van der Waals surface area contributed by atoms with Crippen LogP contribution in [0.4, 0.5) is 5.69 Å². The van der Waals surface area contributed by atoms with E-state index in [0.717, 1.165) is 19.4 Å². The fourth-order valence-corrected chi connectivity index (χ4v) is 3.77. The molecule has 0 bridgehead atoms. The summed E-state index contributed by atoms with van der Waals surface area (Å²) in [7, 11) is 1.45. The third-order valence-corrected chi connectivity index (χ3v) is 5.37. The van der Waals surface area contributed by atoms with Gasteiger partial charge in [0, 0.05) is 31.4 Å². The normalized spacial score (nSPS) is 15.0. The molecular formula is C21H26BrNO2. The number of methoxy groups -OCH3 is 1. The second-order valence-electron chi connectivity index (χ2n) is 7.08. The summed E-state index contributed by atoms with van der Waals surface area (Å²) in [6, 6.07) is 13.1. The van der Waals surface area contributed by atoms with Crippen LogP contribution in [-0.4, -0.2) is 29.9 Å². The number of rotatable bonds is 5. The number of fused-ring (bicyclic) bond motifs is 3. The minimum absolute atomic E-state index is 0. The maximum atomic E-state index is 11.3. The molecule has 0 N–H and O–H groups in total. The Morgan fingerprint density at radius 2 is 1.84 bits per heavy atom. The van der Waals surface area contributed by atoms with Crippen molar-refractivity contribution >= 4 is 28.1 Å². The van der Waals surface area contributed by atoms with E-state index < -0.39 is 0 Å². The predicted molar refractivity (Wildman–Crippen MR) is 98.3 cm³/mol. The Kier molecular flexibility index (Phi) is 6.04. The van der Waals surface area contributed by atoms with Crippen molar-refractivity contribution in [2.24, 2.45) is 0 Å². The molecule has 134 valence electrons. The predicted octanol–water partition coefficient (Wildman–Crippen LogP) is 1.58. The molecule has 0 aromatic heterocycles. The molecular weight excluding hydrogens is 378 g/mol. The molecule has 0 unspecified atom stereocenters. The zero-order valence-electron chi connectivity index (χ0n) is 15.4. The third kappa shape index (κ3) is 3.50. The Bertz CT molecular complexity index is 824. The number of halogens is 1. The Hall–Kier alpha value is -1.68. The van der Waals surface area contributed by atoms with Crippen molar-refractivity contribution < 1.29 is 31.1 Å². The van der Waals surface area contributed by atoms with Crippen LogP contribution in [0.25, 0.3) is 10.8 Å². The first kappa shape index (κ1) is 19.6. The van der Waals surface area contributed by atoms with Crippen LogP contribution >= 0.6 is 0 Å². The second kappa shape index (κ2) is 7.69. The summed E-state index contributed by atoms with van der Waals surface area (Å²) in [5, 5.41) is 2.64. The Labute approximate surface area is 160 Å². The number of unbranched alkanes of at least 4 members (excludes halogenated alkanes) is 1. The third-order valence-electron chi connectivity index (χ3n) is 5.37. The maximum absolute atomic E-state index is 11.3. The van der Waals surface area contributed by atoms with E-state index >= 15 is 0 Å². The number of benzene rings is 2. The lowest BCUT2D eigenvalue weighted by Crippen LogP contribution is -3.00. The summed E-state index contributed by atoms with van der Waals surface area (Å²) >= 11 is 0. The molecule has 25 heavy (non-hydrogen) atoms. The number of carbonyl (C=O) groups is 1. The highest BCUT2D eigenvalue weighted by molar-refractivity contribution is 6.01. The number of ether oxygens (including phenoxy) is 1.